The van der Waals surface area contributed by atoms with E-state index in [-0.39, 0.29) is 11.5 Å². The molecule has 0 fully saturated rings. The number of hydrogen-bond acceptors (Lipinski definition) is 3. The molecule has 0 aliphatic rings. The number of hydrogen-bond donors (Lipinski definition) is 2. The number of rotatable bonds is 4. The molecule has 2 rings (SSSR count). The van der Waals surface area contributed by atoms with Gasteiger partial charge >= 0.3 is 0 Å². The van der Waals surface area contributed by atoms with Crippen molar-refractivity contribution in [1.82, 2.24) is 4.57 Å². The maximum atomic E-state index is 12.1. The lowest BCUT2D eigenvalue weighted by atomic mass is 10.1. The van der Waals surface area contributed by atoms with Crippen LogP contribution in [0.3, 0.4) is 0 Å². The van der Waals surface area contributed by atoms with Crippen molar-refractivity contribution >= 4 is 11.6 Å². The van der Waals surface area contributed by atoms with Gasteiger partial charge in [-0.3, -0.25) is 9.59 Å². The number of carbonyl (C=O) groups excluding carboxylic acids is 1. The Bertz CT molecular complexity index is 660. The van der Waals surface area contributed by atoms with Gasteiger partial charge in [-0.2, -0.15) is 0 Å². The zero-order valence-electron chi connectivity index (χ0n) is 11.3. The summed E-state index contributed by atoms with van der Waals surface area (Å²) in [6, 6.07) is 10.1. The van der Waals surface area contributed by atoms with Crippen molar-refractivity contribution < 1.29 is 4.79 Å². The summed E-state index contributed by atoms with van der Waals surface area (Å²) in [5.41, 5.74) is 7.55. The molecule has 0 unspecified atom stereocenters. The smallest absolute Gasteiger partial charge is 0.255 e. The Morgan fingerprint density at radius 2 is 1.90 bits per heavy atom. The number of pyridine rings is 1. The largest absolute Gasteiger partial charge is 0.326 e. The molecule has 20 heavy (non-hydrogen) atoms. The fourth-order valence-electron chi connectivity index (χ4n) is 1.85. The second-order valence-corrected chi connectivity index (χ2v) is 4.40. The van der Waals surface area contributed by atoms with E-state index in [1.165, 1.54) is 10.6 Å². The fraction of sp³-hybridized carbons (Fsp3) is 0.200. The molecule has 0 aliphatic heterocycles. The monoisotopic (exact) mass is 271 g/mol. The van der Waals surface area contributed by atoms with Crippen LogP contribution < -0.4 is 16.6 Å². The highest BCUT2D eigenvalue weighted by Crippen LogP contribution is 2.09. The molecule has 0 radical (unpaired) electrons. The molecule has 0 bridgehead atoms. The fourth-order valence-corrected chi connectivity index (χ4v) is 1.85. The maximum Gasteiger partial charge on any atom is 0.255 e. The molecule has 1 heterocycles. The van der Waals surface area contributed by atoms with E-state index < -0.39 is 0 Å². The zero-order valence-corrected chi connectivity index (χ0v) is 11.3. The van der Waals surface area contributed by atoms with Gasteiger partial charge in [-0.05, 0) is 30.7 Å². The van der Waals surface area contributed by atoms with E-state index in [9.17, 15) is 9.59 Å². The van der Waals surface area contributed by atoms with Crippen molar-refractivity contribution in [3.05, 3.63) is 64.1 Å². The average molecular weight is 271 g/mol. The van der Waals surface area contributed by atoms with Crippen molar-refractivity contribution in [2.45, 2.75) is 20.0 Å². The van der Waals surface area contributed by atoms with Gasteiger partial charge in [-0.25, -0.2) is 0 Å². The first-order valence-electron chi connectivity index (χ1n) is 6.45. The van der Waals surface area contributed by atoms with E-state index in [4.69, 9.17) is 5.73 Å². The van der Waals surface area contributed by atoms with Gasteiger partial charge in [0.1, 0.15) is 0 Å². The number of carbonyl (C=O) groups is 1. The highest BCUT2D eigenvalue weighted by atomic mass is 16.1. The van der Waals surface area contributed by atoms with Crippen LogP contribution in [0.15, 0.2) is 47.4 Å². The minimum atomic E-state index is -0.213. The second-order valence-electron chi connectivity index (χ2n) is 4.40. The van der Waals surface area contributed by atoms with Gasteiger partial charge < -0.3 is 15.6 Å². The quantitative estimate of drug-likeness (QED) is 0.886. The van der Waals surface area contributed by atoms with Gasteiger partial charge in [-0.15, -0.1) is 0 Å². The summed E-state index contributed by atoms with van der Waals surface area (Å²) in [6.45, 7) is 2.88. The van der Waals surface area contributed by atoms with Crippen LogP contribution in [0.2, 0.25) is 0 Å². The summed E-state index contributed by atoms with van der Waals surface area (Å²) in [5.74, 6) is -0.213. The van der Waals surface area contributed by atoms with Crippen LogP contribution in [-0.2, 0) is 13.1 Å². The number of nitrogens with zero attached hydrogens (tertiary/aromatic N) is 1. The Balaban J connectivity index is 2.16. The number of anilines is 1. The Hall–Kier alpha value is -2.40. The highest BCUT2D eigenvalue weighted by Gasteiger charge is 2.06. The third-order valence-electron chi connectivity index (χ3n) is 3.03. The van der Waals surface area contributed by atoms with Crippen molar-refractivity contribution in [2.75, 3.05) is 5.32 Å². The van der Waals surface area contributed by atoms with E-state index in [1.54, 1.807) is 24.4 Å². The van der Waals surface area contributed by atoms with Crippen molar-refractivity contribution in [2.24, 2.45) is 5.73 Å². The molecular formula is C15H17N3O2. The summed E-state index contributed by atoms with van der Waals surface area (Å²) in [7, 11) is 0. The summed E-state index contributed by atoms with van der Waals surface area (Å²) < 4.78 is 1.53. The molecule has 5 heteroatoms. The molecule has 0 aliphatic carbocycles. The Morgan fingerprint density at radius 1 is 1.20 bits per heavy atom. The first-order chi connectivity index (χ1) is 9.63. The predicted molar refractivity (Wildman–Crippen MR) is 78.7 cm³/mol. The first-order valence-corrected chi connectivity index (χ1v) is 6.45. The second kappa shape index (κ2) is 6.16. The summed E-state index contributed by atoms with van der Waals surface area (Å²) in [6.07, 6.45) is 1.63. The third kappa shape index (κ3) is 3.13. The van der Waals surface area contributed by atoms with Crippen molar-refractivity contribution in [3.63, 3.8) is 0 Å². The zero-order chi connectivity index (χ0) is 14.5. The lowest BCUT2D eigenvalue weighted by Gasteiger charge is -2.08. The number of aromatic nitrogens is 1. The molecule has 104 valence electrons. The maximum absolute atomic E-state index is 12.1. The number of benzene rings is 1. The summed E-state index contributed by atoms with van der Waals surface area (Å²) in [5, 5.41) is 2.77. The molecule has 0 atom stereocenters. The minimum Gasteiger partial charge on any atom is -0.326 e. The van der Waals surface area contributed by atoms with Gasteiger partial charge in [-0.1, -0.05) is 12.1 Å². The molecule has 5 nitrogen and oxygen atoms in total. The van der Waals surface area contributed by atoms with Gasteiger partial charge in [0.15, 0.2) is 0 Å². The molecule has 1 aromatic heterocycles. The standard InChI is InChI=1S/C15H17N3O2/c1-2-18-10-13(7-8-14(18)19)17-15(20)12-5-3-11(9-16)4-6-12/h3-8,10H,2,9,16H2,1H3,(H,17,20). The molecule has 2 aromatic rings. The number of nitrogens with one attached hydrogen (secondary N) is 1. The van der Waals surface area contributed by atoms with Gasteiger partial charge in [0.25, 0.3) is 11.5 Å². The molecule has 1 aromatic carbocycles. The predicted octanol–water partition coefficient (Wildman–Crippen LogP) is 1.58. The number of amides is 1. The normalized spacial score (nSPS) is 10.3. The molecule has 3 N–H and O–H groups in total. The summed E-state index contributed by atoms with van der Waals surface area (Å²) >= 11 is 0. The van der Waals surface area contributed by atoms with Gasteiger partial charge in [0.05, 0.1) is 5.69 Å². The van der Waals surface area contributed by atoms with E-state index in [1.807, 2.05) is 19.1 Å². The van der Waals surface area contributed by atoms with Crippen LogP contribution in [0.5, 0.6) is 0 Å². The summed E-state index contributed by atoms with van der Waals surface area (Å²) in [4.78, 5) is 23.5. The molecule has 0 spiro atoms. The lowest BCUT2D eigenvalue weighted by Crippen LogP contribution is -2.19. The van der Waals surface area contributed by atoms with E-state index in [0.717, 1.165) is 5.56 Å². The number of nitrogens with two attached hydrogens (primary N) is 1. The molecule has 0 saturated heterocycles. The topological polar surface area (TPSA) is 77.1 Å². The molecule has 1 amide bonds. The van der Waals surface area contributed by atoms with E-state index >= 15 is 0 Å². The van der Waals surface area contributed by atoms with Crippen LogP contribution >= 0.6 is 0 Å². The van der Waals surface area contributed by atoms with Gasteiger partial charge in [0.2, 0.25) is 0 Å². The SMILES string of the molecule is CCn1cc(NC(=O)c2ccc(CN)cc2)ccc1=O. The van der Waals surface area contributed by atoms with Crippen molar-refractivity contribution in [3.8, 4) is 0 Å². The van der Waals surface area contributed by atoms with Crippen LogP contribution in [0.1, 0.15) is 22.8 Å². The Morgan fingerprint density at radius 3 is 2.50 bits per heavy atom. The third-order valence-corrected chi connectivity index (χ3v) is 3.03. The average Bonchev–Trinajstić information content (AvgIpc) is 2.49. The molecule has 0 saturated carbocycles. The molecular weight excluding hydrogens is 254 g/mol. The highest BCUT2D eigenvalue weighted by molar-refractivity contribution is 6.04. The van der Waals surface area contributed by atoms with Gasteiger partial charge in [0, 0.05) is 30.9 Å². The van der Waals surface area contributed by atoms with Crippen LogP contribution in [-0.4, -0.2) is 10.5 Å². The van der Waals surface area contributed by atoms with Crippen LogP contribution in [0.4, 0.5) is 5.69 Å². The number of aryl methyl sites for hydroxylation is 1. The first kappa shape index (κ1) is 14.0. The Kier molecular flexibility index (Phi) is 4.32. The van der Waals surface area contributed by atoms with Crippen LogP contribution in [0, 0.1) is 0 Å². The lowest BCUT2D eigenvalue weighted by molar-refractivity contribution is 0.102. The van der Waals surface area contributed by atoms with E-state index in [2.05, 4.69) is 5.32 Å². The Labute approximate surface area is 117 Å². The minimum absolute atomic E-state index is 0.0854. The van der Waals surface area contributed by atoms with E-state index in [0.29, 0.717) is 24.3 Å². The van der Waals surface area contributed by atoms with Crippen LogP contribution in [0.25, 0.3) is 0 Å². The van der Waals surface area contributed by atoms with Crippen molar-refractivity contribution in [1.29, 1.82) is 0 Å².